The first kappa shape index (κ1) is 13.9. The zero-order valence-corrected chi connectivity index (χ0v) is 13.5. The summed E-state index contributed by atoms with van der Waals surface area (Å²) in [5.74, 6) is 1.06. The van der Waals surface area contributed by atoms with E-state index in [1.807, 2.05) is 18.3 Å². The van der Waals surface area contributed by atoms with Gasteiger partial charge in [-0.3, -0.25) is 4.57 Å². The molecule has 1 saturated heterocycles. The Bertz CT molecular complexity index is 786. The van der Waals surface area contributed by atoms with Crippen molar-refractivity contribution in [2.45, 2.75) is 38.7 Å². The van der Waals surface area contributed by atoms with E-state index in [-0.39, 0.29) is 6.10 Å². The molecule has 5 heteroatoms. The van der Waals surface area contributed by atoms with Gasteiger partial charge < -0.3 is 4.74 Å². The molecule has 0 bridgehead atoms. The molecule has 114 valence electrons. The molecular formula is C17H19N3OS. The lowest BCUT2D eigenvalue weighted by Gasteiger charge is -2.22. The molecule has 3 aromatic rings. The molecule has 1 aliphatic heterocycles. The van der Waals surface area contributed by atoms with Crippen LogP contribution in [0.2, 0.25) is 0 Å². The maximum Gasteiger partial charge on any atom is 0.165 e. The Kier molecular flexibility index (Phi) is 3.68. The Labute approximate surface area is 133 Å². The zero-order chi connectivity index (χ0) is 14.9. The van der Waals surface area contributed by atoms with Crippen LogP contribution in [0.25, 0.3) is 16.2 Å². The third-order valence-corrected chi connectivity index (χ3v) is 5.10. The van der Waals surface area contributed by atoms with Gasteiger partial charge in [0.2, 0.25) is 0 Å². The van der Waals surface area contributed by atoms with Gasteiger partial charge in [0.15, 0.2) is 5.65 Å². The molecule has 0 radical (unpaired) electrons. The third kappa shape index (κ3) is 2.55. The average Bonchev–Trinajstić information content (AvgIpc) is 3.11. The Hall–Kier alpha value is -1.72. The van der Waals surface area contributed by atoms with Crippen molar-refractivity contribution in [2.75, 3.05) is 6.61 Å². The molecule has 1 unspecified atom stereocenters. The van der Waals surface area contributed by atoms with Crippen molar-refractivity contribution in [3.8, 4) is 5.00 Å². The summed E-state index contributed by atoms with van der Waals surface area (Å²) in [6.07, 6.45) is 6.53. The van der Waals surface area contributed by atoms with Gasteiger partial charge in [-0.05, 0) is 50.5 Å². The molecule has 0 amide bonds. The van der Waals surface area contributed by atoms with Gasteiger partial charge in [0.1, 0.15) is 16.3 Å². The SMILES string of the molecule is Cc1ccc(-n2c(CC3CCCCO3)nc3cccnc32)s1. The monoisotopic (exact) mass is 313 g/mol. The summed E-state index contributed by atoms with van der Waals surface area (Å²) >= 11 is 1.78. The van der Waals surface area contributed by atoms with Gasteiger partial charge in [0, 0.05) is 24.1 Å². The summed E-state index contributed by atoms with van der Waals surface area (Å²) in [5, 5.41) is 1.18. The number of imidazole rings is 1. The van der Waals surface area contributed by atoms with Crippen molar-refractivity contribution in [3.05, 3.63) is 41.2 Å². The van der Waals surface area contributed by atoms with E-state index >= 15 is 0 Å². The Morgan fingerprint density at radius 1 is 1.32 bits per heavy atom. The van der Waals surface area contributed by atoms with E-state index in [0.717, 1.165) is 36.4 Å². The maximum absolute atomic E-state index is 5.90. The second-order valence-electron chi connectivity index (χ2n) is 5.79. The van der Waals surface area contributed by atoms with Crippen molar-refractivity contribution in [1.82, 2.24) is 14.5 Å². The Balaban J connectivity index is 1.79. The summed E-state index contributed by atoms with van der Waals surface area (Å²) < 4.78 is 8.10. The fourth-order valence-electron chi connectivity index (χ4n) is 3.04. The molecule has 3 aromatic heterocycles. The highest BCUT2D eigenvalue weighted by Gasteiger charge is 2.20. The molecule has 0 N–H and O–H groups in total. The Morgan fingerprint density at radius 3 is 3.05 bits per heavy atom. The standard InChI is InChI=1S/C17H19N3OS/c1-12-7-8-16(22-12)20-15(11-13-5-2-3-10-21-13)19-14-6-4-9-18-17(14)20/h4,6-9,13H,2-3,5,10-11H2,1H3. The van der Waals surface area contributed by atoms with Crippen molar-refractivity contribution in [1.29, 1.82) is 0 Å². The van der Waals surface area contributed by atoms with E-state index in [9.17, 15) is 0 Å². The molecule has 0 saturated carbocycles. The fraction of sp³-hybridized carbons (Fsp3) is 0.412. The van der Waals surface area contributed by atoms with E-state index in [4.69, 9.17) is 9.72 Å². The quantitative estimate of drug-likeness (QED) is 0.736. The van der Waals surface area contributed by atoms with Gasteiger partial charge in [-0.15, -0.1) is 11.3 Å². The number of ether oxygens (including phenoxy) is 1. The van der Waals surface area contributed by atoms with Crippen LogP contribution >= 0.6 is 11.3 Å². The van der Waals surface area contributed by atoms with E-state index < -0.39 is 0 Å². The third-order valence-electron chi connectivity index (χ3n) is 4.12. The smallest absolute Gasteiger partial charge is 0.165 e. The lowest BCUT2D eigenvalue weighted by Crippen LogP contribution is -2.22. The van der Waals surface area contributed by atoms with Gasteiger partial charge in [0.25, 0.3) is 0 Å². The average molecular weight is 313 g/mol. The van der Waals surface area contributed by atoms with Crippen molar-refractivity contribution in [3.63, 3.8) is 0 Å². The van der Waals surface area contributed by atoms with Gasteiger partial charge in [-0.25, -0.2) is 9.97 Å². The Morgan fingerprint density at radius 2 is 2.27 bits per heavy atom. The van der Waals surface area contributed by atoms with Gasteiger partial charge in [-0.2, -0.15) is 0 Å². The topological polar surface area (TPSA) is 39.9 Å². The molecule has 22 heavy (non-hydrogen) atoms. The summed E-state index contributed by atoms with van der Waals surface area (Å²) in [5.41, 5.74) is 1.90. The lowest BCUT2D eigenvalue weighted by atomic mass is 10.1. The lowest BCUT2D eigenvalue weighted by molar-refractivity contribution is 0.0155. The molecule has 0 spiro atoms. The van der Waals surface area contributed by atoms with Crippen LogP contribution in [0.1, 0.15) is 30.0 Å². The first-order valence-corrected chi connectivity index (χ1v) is 8.64. The van der Waals surface area contributed by atoms with Crippen molar-refractivity contribution < 1.29 is 4.74 Å². The number of thiophene rings is 1. The van der Waals surface area contributed by atoms with Crippen LogP contribution in [0.5, 0.6) is 0 Å². The second kappa shape index (κ2) is 5.82. The van der Waals surface area contributed by atoms with E-state index in [1.165, 1.54) is 22.7 Å². The predicted molar refractivity (Wildman–Crippen MR) is 88.8 cm³/mol. The first-order chi connectivity index (χ1) is 10.8. The van der Waals surface area contributed by atoms with Crippen LogP contribution in [-0.4, -0.2) is 27.2 Å². The summed E-state index contributed by atoms with van der Waals surface area (Å²) in [6.45, 7) is 3.01. The molecule has 0 aromatic carbocycles. The second-order valence-corrected chi connectivity index (χ2v) is 7.05. The minimum absolute atomic E-state index is 0.283. The highest BCUT2D eigenvalue weighted by molar-refractivity contribution is 7.14. The molecule has 4 nitrogen and oxygen atoms in total. The van der Waals surface area contributed by atoms with Crippen molar-refractivity contribution in [2.24, 2.45) is 0 Å². The molecule has 1 atom stereocenters. The van der Waals surface area contributed by atoms with Gasteiger partial charge in [0.05, 0.1) is 6.10 Å². The van der Waals surface area contributed by atoms with Gasteiger partial charge in [-0.1, -0.05) is 0 Å². The first-order valence-electron chi connectivity index (χ1n) is 7.82. The summed E-state index contributed by atoms with van der Waals surface area (Å²) in [4.78, 5) is 10.7. The van der Waals surface area contributed by atoms with Crippen LogP contribution in [0.4, 0.5) is 0 Å². The number of rotatable bonds is 3. The molecule has 4 heterocycles. The summed E-state index contributed by atoms with van der Waals surface area (Å²) in [7, 11) is 0. The number of fused-ring (bicyclic) bond motifs is 1. The molecule has 1 aliphatic rings. The number of hydrogen-bond acceptors (Lipinski definition) is 4. The predicted octanol–water partition coefficient (Wildman–Crippen LogP) is 3.90. The summed E-state index contributed by atoms with van der Waals surface area (Å²) in [6, 6.07) is 8.28. The maximum atomic E-state index is 5.90. The van der Waals surface area contributed by atoms with E-state index in [1.54, 1.807) is 11.3 Å². The van der Waals surface area contributed by atoms with Gasteiger partial charge >= 0.3 is 0 Å². The zero-order valence-electron chi connectivity index (χ0n) is 12.7. The molecule has 1 fully saturated rings. The van der Waals surface area contributed by atoms with Crippen LogP contribution in [0.3, 0.4) is 0 Å². The van der Waals surface area contributed by atoms with Crippen LogP contribution in [0.15, 0.2) is 30.5 Å². The van der Waals surface area contributed by atoms with Crippen LogP contribution < -0.4 is 0 Å². The number of hydrogen-bond donors (Lipinski definition) is 0. The highest BCUT2D eigenvalue weighted by Crippen LogP contribution is 2.27. The molecule has 4 rings (SSSR count). The molecular weight excluding hydrogens is 294 g/mol. The van der Waals surface area contributed by atoms with E-state index in [0.29, 0.717) is 0 Å². The molecule has 0 aliphatic carbocycles. The fourth-order valence-corrected chi connectivity index (χ4v) is 3.93. The number of pyridine rings is 1. The minimum atomic E-state index is 0.283. The number of aryl methyl sites for hydroxylation is 1. The van der Waals surface area contributed by atoms with Crippen LogP contribution in [0, 0.1) is 6.92 Å². The highest BCUT2D eigenvalue weighted by atomic mass is 32.1. The van der Waals surface area contributed by atoms with E-state index in [2.05, 4.69) is 28.6 Å². The van der Waals surface area contributed by atoms with Crippen LogP contribution in [-0.2, 0) is 11.2 Å². The number of nitrogens with zero attached hydrogens (tertiary/aromatic N) is 3. The number of aromatic nitrogens is 3. The largest absolute Gasteiger partial charge is 0.378 e. The van der Waals surface area contributed by atoms with Crippen molar-refractivity contribution >= 4 is 22.5 Å². The normalized spacial score (nSPS) is 18.9. The minimum Gasteiger partial charge on any atom is -0.378 e.